The molecule has 0 aliphatic carbocycles. The van der Waals surface area contributed by atoms with Crippen LogP contribution in [0.3, 0.4) is 0 Å². The first-order valence-corrected chi connectivity index (χ1v) is 13.1. The zero-order chi connectivity index (χ0) is 31.2. The SMILES string of the molecule is C[C@H](NC(=O)[C@@H](N)CCC(=O)O)C(=O)N(Cc1ccccc1)[C@@H](CCCNC(=N)N)C(=O)Nc1ccc([N+](=O)[O-])cc1.Cl. The van der Waals surface area contributed by atoms with Crippen molar-refractivity contribution in [2.24, 2.45) is 11.5 Å². The van der Waals surface area contributed by atoms with Crippen LogP contribution in [0, 0.1) is 15.5 Å². The van der Waals surface area contributed by atoms with Gasteiger partial charge in [0.05, 0.1) is 11.0 Å². The molecule has 0 heterocycles. The monoisotopic (exact) mass is 620 g/mol. The summed E-state index contributed by atoms with van der Waals surface area (Å²) in [6, 6.07) is 10.7. The fraction of sp³-hybridized carbons (Fsp3) is 0.370. The van der Waals surface area contributed by atoms with Crippen LogP contribution in [0.15, 0.2) is 54.6 Å². The molecule has 15 nitrogen and oxygen atoms in total. The number of carbonyl (C=O) groups is 4. The van der Waals surface area contributed by atoms with Crippen LogP contribution >= 0.6 is 12.4 Å². The van der Waals surface area contributed by atoms with Crippen LogP contribution in [0.1, 0.15) is 38.2 Å². The molecule has 0 saturated heterocycles. The van der Waals surface area contributed by atoms with Gasteiger partial charge in [-0.05, 0) is 43.9 Å². The van der Waals surface area contributed by atoms with Crippen LogP contribution in [0.2, 0.25) is 0 Å². The molecule has 43 heavy (non-hydrogen) atoms. The Morgan fingerprint density at radius 1 is 1.05 bits per heavy atom. The number of non-ortho nitro benzene ring substituents is 1. The van der Waals surface area contributed by atoms with E-state index in [-0.39, 0.29) is 62.1 Å². The van der Waals surface area contributed by atoms with Crippen LogP contribution < -0.4 is 27.4 Å². The maximum atomic E-state index is 13.8. The molecule has 0 unspecified atom stereocenters. The highest BCUT2D eigenvalue weighted by Crippen LogP contribution is 2.19. The van der Waals surface area contributed by atoms with Gasteiger partial charge in [0.1, 0.15) is 12.1 Å². The third kappa shape index (κ3) is 12.3. The Morgan fingerprint density at radius 2 is 1.67 bits per heavy atom. The molecule has 0 fully saturated rings. The minimum atomic E-state index is -1.15. The molecule has 3 amide bonds. The molecule has 0 radical (unpaired) electrons. The Kier molecular flexibility index (Phi) is 15.1. The highest BCUT2D eigenvalue weighted by atomic mass is 35.5. The van der Waals surface area contributed by atoms with Gasteiger partial charge in [-0.1, -0.05) is 30.3 Å². The van der Waals surface area contributed by atoms with Crippen LogP contribution in [-0.2, 0) is 25.7 Å². The standard InChI is InChI=1S/C27H36N8O7.ClH/c1-17(32-24(38)21(28)13-14-23(36)37)26(40)34(16-18-6-3-2-4-7-18)22(8-5-15-31-27(29)30)25(39)33-19-9-11-20(12-10-19)35(41)42;/h2-4,6-7,9-12,17,21-22H,5,8,13-16,28H2,1H3,(H,32,38)(H,33,39)(H,36,37)(H4,29,30,31);1H/t17-,21-,22-;/m0./s1. The van der Waals surface area contributed by atoms with Gasteiger partial charge in [-0.3, -0.25) is 34.7 Å². The second-order valence-electron chi connectivity index (χ2n) is 9.51. The summed E-state index contributed by atoms with van der Waals surface area (Å²) in [5.74, 6) is -3.25. The number of hydrogen-bond acceptors (Lipinski definition) is 8. The van der Waals surface area contributed by atoms with E-state index in [1.165, 1.54) is 36.1 Å². The number of rotatable bonds is 16. The zero-order valence-corrected chi connectivity index (χ0v) is 24.3. The third-order valence-corrected chi connectivity index (χ3v) is 6.21. The molecule has 16 heteroatoms. The lowest BCUT2D eigenvalue weighted by molar-refractivity contribution is -0.384. The summed E-state index contributed by atoms with van der Waals surface area (Å²) in [7, 11) is 0. The van der Waals surface area contributed by atoms with Crippen LogP contribution in [0.5, 0.6) is 0 Å². The summed E-state index contributed by atoms with van der Waals surface area (Å²) >= 11 is 0. The number of guanidine groups is 1. The van der Waals surface area contributed by atoms with E-state index in [0.717, 1.165) is 0 Å². The van der Waals surface area contributed by atoms with Gasteiger partial charge in [-0.15, -0.1) is 12.4 Å². The lowest BCUT2D eigenvalue weighted by atomic mass is 10.0. The van der Waals surface area contributed by atoms with E-state index in [0.29, 0.717) is 12.0 Å². The number of amides is 3. The van der Waals surface area contributed by atoms with Gasteiger partial charge in [0.15, 0.2) is 5.96 Å². The molecule has 2 rings (SSSR count). The summed E-state index contributed by atoms with van der Waals surface area (Å²) in [6.45, 7) is 1.68. The number of nitrogens with two attached hydrogens (primary N) is 2. The smallest absolute Gasteiger partial charge is 0.303 e. The fourth-order valence-corrected chi connectivity index (χ4v) is 4.00. The fourth-order valence-electron chi connectivity index (χ4n) is 4.00. The number of nitrogens with one attached hydrogen (secondary N) is 4. The Balaban J connectivity index is 0.00000924. The van der Waals surface area contributed by atoms with Crippen molar-refractivity contribution in [3.8, 4) is 0 Å². The number of carbonyl (C=O) groups excluding carboxylic acids is 3. The van der Waals surface area contributed by atoms with E-state index in [1.54, 1.807) is 30.3 Å². The third-order valence-electron chi connectivity index (χ3n) is 6.21. The number of aliphatic carboxylic acids is 1. The Hall–Kier alpha value is -4.76. The Labute approximate surface area is 254 Å². The molecule has 0 aliphatic rings. The molecule has 234 valence electrons. The van der Waals surface area contributed by atoms with E-state index in [4.69, 9.17) is 22.0 Å². The molecule has 0 saturated carbocycles. The number of carboxylic acid groups (broad SMARTS) is 1. The normalized spacial score (nSPS) is 12.4. The molecule has 0 bridgehead atoms. The van der Waals surface area contributed by atoms with Gasteiger partial charge >= 0.3 is 5.97 Å². The molecular weight excluding hydrogens is 584 g/mol. The number of nitro benzene ring substituents is 1. The number of hydrogen-bond donors (Lipinski definition) is 7. The molecule has 0 aliphatic heterocycles. The largest absolute Gasteiger partial charge is 0.481 e. The van der Waals surface area contributed by atoms with Gasteiger partial charge < -0.3 is 37.4 Å². The van der Waals surface area contributed by atoms with Crippen molar-refractivity contribution >= 4 is 53.4 Å². The van der Waals surface area contributed by atoms with E-state index in [2.05, 4.69) is 16.0 Å². The minimum absolute atomic E-state index is 0. The molecule has 2 aromatic carbocycles. The average molecular weight is 621 g/mol. The summed E-state index contributed by atoms with van der Waals surface area (Å²) in [6.07, 6.45) is 0.0171. The second kappa shape index (κ2) is 17.9. The lowest BCUT2D eigenvalue weighted by Gasteiger charge is -2.33. The predicted molar refractivity (Wildman–Crippen MR) is 161 cm³/mol. The predicted octanol–water partition coefficient (Wildman–Crippen LogP) is 1.31. The summed E-state index contributed by atoms with van der Waals surface area (Å²) < 4.78 is 0. The second-order valence-corrected chi connectivity index (χ2v) is 9.51. The number of halogens is 1. The topological polar surface area (TPSA) is 247 Å². The summed E-state index contributed by atoms with van der Waals surface area (Å²) in [5.41, 5.74) is 12.0. The van der Waals surface area contributed by atoms with Crippen LogP contribution in [0.4, 0.5) is 11.4 Å². The van der Waals surface area contributed by atoms with Gasteiger partial charge in [0.2, 0.25) is 17.7 Å². The van der Waals surface area contributed by atoms with Gasteiger partial charge in [0.25, 0.3) is 5.69 Å². The lowest BCUT2D eigenvalue weighted by Crippen LogP contribution is -2.55. The highest BCUT2D eigenvalue weighted by molar-refractivity contribution is 5.98. The summed E-state index contributed by atoms with van der Waals surface area (Å²) in [4.78, 5) is 62.6. The maximum absolute atomic E-state index is 13.8. The van der Waals surface area contributed by atoms with Gasteiger partial charge in [-0.25, -0.2) is 0 Å². The van der Waals surface area contributed by atoms with E-state index in [9.17, 15) is 29.3 Å². The van der Waals surface area contributed by atoms with Crippen molar-refractivity contribution in [2.45, 2.75) is 57.3 Å². The van der Waals surface area contributed by atoms with Crippen LogP contribution in [-0.4, -0.2) is 69.3 Å². The van der Waals surface area contributed by atoms with E-state index >= 15 is 0 Å². The van der Waals surface area contributed by atoms with Crippen molar-refractivity contribution < 1.29 is 29.2 Å². The molecular formula is C27H37ClN8O7. The molecule has 2 aromatic rings. The Bertz CT molecular complexity index is 1260. The quantitative estimate of drug-likeness (QED) is 0.0466. The Morgan fingerprint density at radius 3 is 2.23 bits per heavy atom. The maximum Gasteiger partial charge on any atom is 0.303 e. The van der Waals surface area contributed by atoms with Crippen molar-refractivity contribution in [3.05, 3.63) is 70.3 Å². The number of nitro groups is 1. The van der Waals surface area contributed by atoms with Gasteiger partial charge in [-0.2, -0.15) is 0 Å². The van der Waals surface area contributed by atoms with E-state index in [1.807, 2.05) is 0 Å². The summed E-state index contributed by atoms with van der Waals surface area (Å²) in [5, 5.41) is 35.1. The molecule has 9 N–H and O–H groups in total. The van der Waals surface area contributed by atoms with Crippen molar-refractivity contribution in [1.29, 1.82) is 5.41 Å². The highest BCUT2D eigenvalue weighted by Gasteiger charge is 2.33. The van der Waals surface area contributed by atoms with Crippen molar-refractivity contribution in [1.82, 2.24) is 15.5 Å². The first-order valence-electron chi connectivity index (χ1n) is 13.1. The number of benzene rings is 2. The van der Waals surface area contributed by atoms with Gasteiger partial charge in [0, 0.05) is 37.3 Å². The number of carboxylic acids is 1. The minimum Gasteiger partial charge on any atom is -0.481 e. The molecule has 0 aromatic heterocycles. The van der Waals surface area contributed by atoms with Crippen molar-refractivity contribution in [2.75, 3.05) is 11.9 Å². The average Bonchev–Trinajstić information content (AvgIpc) is 2.95. The first-order chi connectivity index (χ1) is 19.9. The molecule has 0 spiro atoms. The number of anilines is 1. The van der Waals surface area contributed by atoms with Crippen LogP contribution in [0.25, 0.3) is 0 Å². The number of nitrogens with zero attached hydrogens (tertiary/aromatic N) is 2. The molecule has 3 atom stereocenters. The van der Waals surface area contributed by atoms with E-state index < -0.39 is 46.7 Å². The van der Waals surface area contributed by atoms with Crippen molar-refractivity contribution in [3.63, 3.8) is 0 Å². The zero-order valence-electron chi connectivity index (χ0n) is 23.5. The first kappa shape index (κ1) is 36.3.